The van der Waals surface area contributed by atoms with Crippen LogP contribution in [0, 0.1) is 5.92 Å². The molecule has 1 N–H and O–H groups in total. The first kappa shape index (κ1) is 11.9. The van der Waals surface area contributed by atoms with E-state index in [1.807, 2.05) is 0 Å². The van der Waals surface area contributed by atoms with Gasteiger partial charge in [0.15, 0.2) is 0 Å². The molecule has 0 saturated carbocycles. The van der Waals surface area contributed by atoms with E-state index in [4.69, 9.17) is 4.74 Å². The highest BCUT2D eigenvalue weighted by atomic mass is 16.5. The Morgan fingerprint density at radius 3 is 2.50 bits per heavy atom. The molecule has 1 fully saturated rings. The van der Waals surface area contributed by atoms with Crippen molar-refractivity contribution in [3.8, 4) is 0 Å². The Bertz CT molecular complexity index is 146. The van der Waals surface area contributed by atoms with Crippen molar-refractivity contribution < 1.29 is 4.74 Å². The van der Waals surface area contributed by atoms with Gasteiger partial charge in [0.05, 0.1) is 6.61 Å². The van der Waals surface area contributed by atoms with E-state index in [1.165, 1.54) is 0 Å². The van der Waals surface area contributed by atoms with Gasteiger partial charge in [0.25, 0.3) is 0 Å². The van der Waals surface area contributed by atoms with Crippen LogP contribution in [0.1, 0.15) is 6.92 Å². The average Bonchev–Trinajstić information content (AvgIpc) is 2.17. The Balaban J connectivity index is 2.06. The predicted octanol–water partition coefficient (Wildman–Crippen LogP) is 0.0209. The van der Waals surface area contributed by atoms with Crippen molar-refractivity contribution in [2.75, 3.05) is 53.5 Å². The molecule has 0 spiro atoms. The molecule has 1 saturated heterocycles. The first-order valence-electron chi connectivity index (χ1n) is 5.38. The lowest BCUT2D eigenvalue weighted by Gasteiger charge is -2.33. The normalized spacial score (nSPS) is 22.5. The zero-order valence-corrected chi connectivity index (χ0v) is 9.62. The van der Waals surface area contributed by atoms with Crippen LogP contribution in [0.25, 0.3) is 0 Å². The summed E-state index contributed by atoms with van der Waals surface area (Å²) in [5, 5.41) is 2.31. The third-order valence-corrected chi connectivity index (χ3v) is 2.62. The molecule has 0 aromatic rings. The van der Waals surface area contributed by atoms with Crippen LogP contribution in [0.4, 0.5) is 0 Å². The molecule has 1 aliphatic rings. The van der Waals surface area contributed by atoms with Gasteiger partial charge in [0, 0.05) is 39.8 Å². The van der Waals surface area contributed by atoms with Crippen molar-refractivity contribution in [2.45, 2.75) is 6.92 Å². The number of nitrogens with zero attached hydrogens (tertiary/aromatic N) is 2. The number of rotatable bonds is 5. The van der Waals surface area contributed by atoms with Crippen molar-refractivity contribution in [1.29, 1.82) is 0 Å². The summed E-state index contributed by atoms with van der Waals surface area (Å²) >= 11 is 0. The summed E-state index contributed by atoms with van der Waals surface area (Å²) in [6, 6.07) is 0. The van der Waals surface area contributed by atoms with E-state index >= 15 is 0 Å². The SMILES string of the molecule is COCC(C)CNN1CCN(C)CC1. The summed E-state index contributed by atoms with van der Waals surface area (Å²) in [5.74, 6) is 0.583. The van der Waals surface area contributed by atoms with Gasteiger partial charge in [0.2, 0.25) is 0 Å². The van der Waals surface area contributed by atoms with E-state index < -0.39 is 0 Å². The first-order valence-corrected chi connectivity index (χ1v) is 5.38. The number of piperazine rings is 1. The van der Waals surface area contributed by atoms with Crippen LogP contribution in [0.3, 0.4) is 0 Å². The van der Waals surface area contributed by atoms with Crippen LogP contribution in [-0.4, -0.2) is 63.4 Å². The standard InChI is InChI=1S/C10H23N3O/c1-10(9-14-3)8-11-13-6-4-12(2)5-7-13/h10-11H,4-9H2,1-3H3. The van der Waals surface area contributed by atoms with Crippen LogP contribution < -0.4 is 5.43 Å². The highest BCUT2D eigenvalue weighted by molar-refractivity contribution is 4.66. The molecule has 1 atom stereocenters. The molecule has 0 aromatic heterocycles. The monoisotopic (exact) mass is 201 g/mol. The number of ether oxygens (including phenoxy) is 1. The van der Waals surface area contributed by atoms with Gasteiger partial charge >= 0.3 is 0 Å². The van der Waals surface area contributed by atoms with Gasteiger partial charge in [-0.1, -0.05) is 6.92 Å². The van der Waals surface area contributed by atoms with E-state index in [0.29, 0.717) is 5.92 Å². The van der Waals surface area contributed by atoms with Crippen LogP contribution in [0.2, 0.25) is 0 Å². The molecular weight excluding hydrogens is 178 g/mol. The lowest BCUT2D eigenvalue weighted by molar-refractivity contribution is 0.0858. The smallest absolute Gasteiger partial charge is 0.0500 e. The van der Waals surface area contributed by atoms with E-state index in [1.54, 1.807) is 7.11 Å². The summed E-state index contributed by atoms with van der Waals surface area (Å²) in [5.41, 5.74) is 3.45. The fourth-order valence-electron chi connectivity index (χ4n) is 1.59. The van der Waals surface area contributed by atoms with E-state index in [9.17, 15) is 0 Å². The molecule has 0 amide bonds. The number of hydrazine groups is 1. The molecule has 4 nitrogen and oxygen atoms in total. The molecule has 1 unspecified atom stereocenters. The van der Waals surface area contributed by atoms with Crippen molar-refractivity contribution >= 4 is 0 Å². The van der Waals surface area contributed by atoms with Crippen LogP contribution in [-0.2, 0) is 4.74 Å². The number of hydrogen-bond donors (Lipinski definition) is 1. The first-order chi connectivity index (χ1) is 6.72. The molecule has 0 aromatic carbocycles. The molecule has 0 radical (unpaired) electrons. The minimum absolute atomic E-state index is 0.583. The van der Waals surface area contributed by atoms with E-state index in [-0.39, 0.29) is 0 Å². The molecule has 0 bridgehead atoms. The summed E-state index contributed by atoms with van der Waals surface area (Å²) in [6.07, 6.45) is 0. The largest absolute Gasteiger partial charge is 0.384 e. The van der Waals surface area contributed by atoms with Gasteiger partial charge in [0.1, 0.15) is 0 Å². The number of likely N-dealkylation sites (N-methyl/N-ethyl adjacent to an activating group) is 1. The molecule has 0 aliphatic carbocycles. The Hall–Kier alpha value is -0.160. The maximum atomic E-state index is 5.09. The van der Waals surface area contributed by atoms with Gasteiger partial charge < -0.3 is 9.64 Å². The van der Waals surface area contributed by atoms with Gasteiger partial charge in [-0.3, -0.25) is 5.43 Å². The fourth-order valence-corrected chi connectivity index (χ4v) is 1.59. The van der Waals surface area contributed by atoms with Gasteiger partial charge in [-0.25, -0.2) is 5.01 Å². The second-order valence-electron chi connectivity index (χ2n) is 4.21. The highest BCUT2D eigenvalue weighted by Gasteiger charge is 2.13. The lowest BCUT2D eigenvalue weighted by atomic mass is 10.2. The summed E-state index contributed by atoms with van der Waals surface area (Å²) in [7, 11) is 3.93. The minimum atomic E-state index is 0.583. The highest BCUT2D eigenvalue weighted by Crippen LogP contribution is 1.97. The molecule has 1 rings (SSSR count). The van der Waals surface area contributed by atoms with E-state index in [2.05, 4.69) is 29.3 Å². The third kappa shape index (κ3) is 4.37. The predicted molar refractivity (Wildman–Crippen MR) is 58.1 cm³/mol. The average molecular weight is 201 g/mol. The lowest BCUT2D eigenvalue weighted by Crippen LogP contribution is -2.51. The van der Waals surface area contributed by atoms with Crippen molar-refractivity contribution in [2.24, 2.45) is 5.92 Å². The topological polar surface area (TPSA) is 27.7 Å². The zero-order chi connectivity index (χ0) is 10.4. The molecule has 1 heterocycles. The minimum Gasteiger partial charge on any atom is -0.384 e. The Labute approximate surface area is 87.2 Å². The molecule has 1 aliphatic heterocycles. The third-order valence-electron chi connectivity index (χ3n) is 2.62. The number of hydrogen-bond acceptors (Lipinski definition) is 4. The maximum absolute atomic E-state index is 5.09. The summed E-state index contributed by atoms with van der Waals surface area (Å²) in [6.45, 7) is 8.61. The maximum Gasteiger partial charge on any atom is 0.0500 e. The number of nitrogens with one attached hydrogen (secondary N) is 1. The van der Waals surface area contributed by atoms with Crippen LogP contribution in [0.5, 0.6) is 0 Å². The Morgan fingerprint density at radius 2 is 1.93 bits per heavy atom. The molecular formula is C10H23N3O. The van der Waals surface area contributed by atoms with Crippen LogP contribution in [0.15, 0.2) is 0 Å². The van der Waals surface area contributed by atoms with Gasteiger partial charge in [-0.15, -0.1) is 0 Å². The molecule has 14 heavy (non-hydrogen) atoms. The fraction of sp³-hybridized carbons (Fsp3) is 1.00. The summed E-state index contributed by atoms with van der Waals surface area (Å²) in [4.78, 5) is 2.36. The van der Waals surface area contributed by atoms with Crippen molar-refractivity contribution in [3.05, 3.63) is 0 Å². The number of methoxy groups -OCH3 is 1. The Morgan fingerprint density at radius 1 is 1.29 bits per heavy atom. The Kier molecular flexibility index (Phi) is 5.40. The summed E-state index contributed by atoms with van der Waals surface area (Å²) < 4.78 is 5.09. The van der Waals surface area contributed by atoms with Gasteiger partial charge in [-0.2, -0.15) is 0 Å². The molecule has 4 heteroatoms. The second-order valence-corrected chi connectivity index (χ2v) is 4.21. The van der Waals surface area contributed by atoms with Crippen LogP contribution >= 0.6 is 0 Å². The molecule has 84 valence electrons. The van der Waals surface area contributed by atoms with Gasteiger partial charge in [-0.05, 0) is 13.0 Å². The second kappa shape index (κ2) is 6.35. The quantitative estimate of drug-likeness (QED) is 0.679. The van der Waals surface area contributed by atoms with Crippen molar-refractivity contribution in [1.82, 2.24) is 15.3 Å². The zero-order valence-electron chi connectivity index (χ0n) is 9.62. The van der Waals surface area contributed by atoms with E-state index in [0.717, 1.165) is 39.3 Å². The van der Waals surface area contributed by atoms with Crippen molar-refractivity contribution in [3.63, 3.8) is 0 Å².